The van der Waals surface area contributed by atoms with Gasteiger partial charge in [-0.2, -0.15) is 0 Å². The fourth-order valence-electron chi connectivity index (χ4n) is 2.05. The number of rotatable bonds is 6. The Balaban J connectivity index is 2.07. The molecule has 1 unspecified atom stereocenters. The highest BCUT2D eigenvalue weighted by Crippen LogP contribution is 2.19. The maximum absolute atomic E-state index is 6.01. The van der Waals surface area contributed by atoms with Crippen molar-refractivity contribution in [2.45, 2.75) is 32.4 Å². The van der Waals surface area contributed by atoms with Crippen LogP contribution in [0.3, 0.4) is 0 Å². The highest BCUT2D eigenvalue weighted by atomic mass is 16.5. The largest absolute Gasteiger partial charge is 0.485 e. The van der Waals surface area contributed by atoms with Gasteiger partial charge in [0.15, 0.2) is 0 Å². The highest BCUT2D eigenvalue weighted by Gasteiger charge is 2.16. The van der Waals surface area contributed by atoms with Crippen molar-refractivity contribution in [1.82, 2.24) is 10.3 Å². The van der Waals surface area contributed by atoms with Crippen LogP contribution in [0.5, 0.6) is 5.75 Å². The zero-order valence-electron chi connectivity index (χ0n) is 13.2. The van der Waals surface area contributed by atoms with Crippen molar-refractivity contribution >= 4 is 10.9 Å². The van der Waals surface area contributed by atoms with Crippen molar-refractivity contribution in [3.63, 3.8) is 0 Å². The number of para-hydroxylation sites is 1. The van der Waals surface area contributed by atoms with Crippen LogP contribution in [-0.2, 0) is 4.74 Å². The Labute approximate surface area is 126 Å². The van der Waals surface area contributed by atoms with E-state index in [0.29, 0.717) is 6.61 Å². The molecule has 0 radical (unpaired) electrons. The van der Waals surface area contributed by atoms with Gasteiger partial charge in [0.1, 0.15) is 11.9 Å². The van der Waals surface area contributed by atoms with Crippen molar-refractivity contribution < 1.29 is 9.47 Å². The van der Waals surface area contributed by atoms with Crippen LogP contribution < -0.4 is 10.1 Å². The maximum Gasteiger partial charge on any atom is 0.138 e. The quantitative estimate of drug-likeness (QED) is 0.887. The summed E-state index contributed by atoms with van der Waals surface area (Å²) in [5, 5.41) is 4.52. The standard InChI is InChI=1S/C17H24N2O2/c1-17(2,3)19-11-15(12-20-4)21-14-9-13-7-5-6-8-16(13)18-10-14/h5-10,15,19H,11-12H2,1-4H3. The van der Waals surface area contributed by atoms with Gasteiger partial charge in [0, 0.05) is 24.6 Å². The predicted molar refractivity (Wildman–Crippen MR) is 85.8 cm³/mol. The van der Waals surface area contributed by atoms with E-state index in [1.54, 1.807) is 13.3 Å². The van der Waals surface area contributed by atoms with Gasteiger partial charge in [0.05, 0.1) is 18.3 Å². The van der Waals surface area contributed by atoms with E-state index in [1.807, 2.05) is 30.3 Å². The van der Waals surface area contributed by atoms with Crippen LogP contribution in [0.1, 0.15) is 20.8 Å². The molecule has 0 aliphatic carbocycles. The Kier molecular flexibility index (Phi) is 5.15. The molecule has 114 valence electrons. The second-order valence-corrected chi connectivity index (χ2v) is 6.19. The van der Waals surface area contributed by atoms with Gasteiger partial charge in [-0.3, -0.25) is 4.98 Å². The SMILES string of the molecule is COCC(CNC(C)(C)C)Oc1cnc2ccccc2c1. The number of hydrogen-bond donors (Lipinski definition) is 1. The first-order valence-corrected chi connectivity index (χ1v) is 7.23. The third-order valence-electron chi connectivity index (χ3n) is 3.08. The second kappa shape index (κ2) is 6.87. The minimum Gasteiger partial charge on any atom is -0.485 e. The third kappa shape index (κ3) is 4.99. The zero-order chi connectivity index (χ0) is 15.3. The lowest BCUT2D eigenvalue weighted by atomic mass is 10.1. The van der Waals surface area contributed by atoms with Crippen molar-refractivity contribution in [3.05, 3.63) is 36.5 Å². The lowest BCUT2D eigenvalue weighted by molar-refractivity contribution is 0.0764. The summed E-state index contributed by atoms with van der Waals surface area (Å²) in [6, 6.07) is 10.0. The number of nitrogens with one attached hydrogen (secondary N) is 1. The van der Waals surface area contributed by atoms with Crippen LogP contribution in [0.4, 0.5) is 0 Å². The normalized spacial score (nSPS) is 13.3. The average Bonchev–Trinajstić information content (AvgIpc) is 2.44. The van der Waals surface area contributed by atoms with Crippen molar-refractivity contribution in [3.8, 4) is 5.75 Å². The summed E-state index contributed by atoms with van der Waals surface area (Å²) in [4.78, 5) is 4.42. The van der Waals surface area contributed by atoms with Gasteiger partial charge in [0.25, 0.3) is 0 Å². The Morgan fingerprint density at radius 2 is 2.00 bits per heavy atom. The van der Waals surface area contributed by atoms with Crippen LogP contribution in [0.25, 0.3) is 10.9 Å². The fourth-order valence-corrected chi connectivity index (χ4v) is 2.05. The molecule has 1 heterocycles. The monoisotopic (exact) mass is 288 g/mol. The van der Waals surface area contributed by atoms with Crippen molar-refractivity contribution in [2.24, 2.45) is 0 Å². The van der Waals surface area contributed by atoms with Gasteiger partial charge in [0.2, 0.25) is 0 Å². The summed E-state index contributed by atoms with van der Waals surface area (Å²) in [5.74, 6) is 0.770. The summed E-state index contributed by atoms with van der Waals surface area (Å²) in [6.45, 7) is 7.66. The van der Waals surface area contributed by atoms with Crippen molar-refractivity contribution in [1.29, 1.82) is 0 Å². The van der Waals surface area contributed by atoms with Crippen LogP contribution in [0.15, 0.2) is 36.5 Å². The Bertz CT molecular complexity index is 578. The molecule has 0 saturated heterocycles. The van der Waals surface area contributed by atoms with Crippen LogP contribution in [-0.4, -0.2) is 36.9 Å². The van der Waals surface area contributed by atoms with Crippen LogP contribution in [0, 0.1) is 0 Å². The average molecular weight is 288 g/mol. The number of ether oxygens (including phenoxy) is 2. The minimum absolute atomic E-state index is 0.0443. The molecule has 0 bridgehead atoms. The van der Waals surface area contributed by atoms with Crippen molar-refractivity contribution in [2.75, 3.05) is 20.3 Å². The van der Waals surface area contributed by atoms with Crippen LogP contribution in [0.2, 0.25) is 0 Å². The molecule has 4 heteroatoms. The number of hydrogen-bond acceptors (Lipinski definition) is 4. The Hall–Kier alpha value is -1.65. The lowest BCUT2D eigenvalue weighted by Crippen LogP contribution is -2.44. The topological polar surface area (TPSA) is 43.4 Å². The van der Waals surface area contributed by atoms with Gasteiger partial charge in [-0.05, 0) is 32.9 Å². The molecule has 0 aliphatic rings. The van der Waals surface area contributed by atoms with Gasteiger partial charge in [-0.1, -0.05) is 18.2 Å². The molecule has 1 atom stereocenters. The molecular formula is C17H24N2O2. The van der Waals surface area contributed by atoms with E-state index in [-0.39, 0.29) is 11.6 Å². The Morgan fingerprint density at radius 3 is 2.71 bits per heavy atom. The van der Waals surface area contributed by atoms with E-state index in [2.05, 4.69) is 31.1 Å². The number of pyridine rings is 1. The second-order valence-electron chi connectivity index (χ2n) is 6.19. The van der Waals surface area contributed by atoms with E-state index in [9.17, 15) is 0 Å². The maximum atomic E-state index is 6.01. The lowest BCUT2D eigenvalue weighted by Gasteiger charge is -2.25. The van der Waals surface area contributed by atoms with E-state index in [1.165, 1.54) is 0 Å². The van der Waals surface area contributed by atoms with E-state index in [0.717, 1.165) is 23.2 Å². The summed E-state index contributed by atoms with van der Waals surface area (Å²) in [7, 11) is 1.69. The summed E-state index contributed by atoms with van der Waals surface area (Å²) in [6.07, 6.45) is 1.72. The van der Waals surface area contributed by atoms with Crippen LogP contribution >= 0.6 is 0 Å². The fraction of sp³-hybridized carbons (Fsp3) is 0.471. The summed E-state index contributed by atoms with van der Waals surface area (Å²) in [5.41, 5.74) is 1.03. The number of fused-ring (bicyclic) bond motifs is 1. The van der Waals surface area contributed by atoms with Gasteiger partial charge >= 0.3 is 0 Å². The number of aromatic nitrogens is 1. The molecule has 1 N–H and O–H groups in total. The molecule has 2 aromatic rings. The molecule has 0 spiro atoms. The van der Waals surface area contributed by atoms with E-state index < -0.39 is 0 Å². The summed E-state index contributed by atoms with van der Waals surface area (Å²) >= 11 is 0. The first kappa shape index (κ1) is 15.7. The van der Waals surface area contributed by atoms with Gasteiger partial charge in [-0.15, -0.1) is 0 Å². The molecule has 0 amide bonds. The minimum atomic E-state index is -0.0443. The molecule has 1 aromatic heterocycles. The zero-order valence-corrected chi connectivity index (χ0v) is 13.2. The van der Waals surface area contributed by atoms with Gasteiger partial charge in [-0.25, -0.2) is 0 Å². The molecule has 1 aromatic carbocycles. The molecule has 2 rings (SSSR count). The predicted octanol–water partition coefficient (Wildman–Crippen LogP) is 3.02. The first-order chi connectivity index (χ1) is 9.98. The first-order valence-electron chi connectivity index (χ1n) is 7.23. The number of nitrogens with zero attached hydrogens (tertiary/aromatic N) is 1. The van der Waals surface area contributed by atoms with E-state index in [4.69, 9.17) is 9.47 Å². The number of methoxy groups -OCH3 is 1. The molecule has 21 heavy (non-hydrogen) atoms. The molecule has 4 nitrogen and oxygen atoms in total. The third-order valence-corrected chi connectivity index (χ3v) is 3.08. The number of benzene rings is 1. The van der Waals surface area contributed by atoms with Gasteiger partial charge < -0.3 is 14.8 Å². The highest BCUT2D eigenvalue weighted by molar-refractivity contribution is 5.79. The molecule has 0 fully saturated rings. The smallest absolute Gasteiger partial charge is 0.138 e. The molecular weight excluding hydrogens is 264 g/mol. The molecule has 0 saturated carbocycles. The Morgan fingerprint density at radius 1 is 1.24 bits per heavy atom. The summed E-state index contributed by atoms with van der Waals surface area (Å²) < 4.78 is 11.3. The van der Waals surface area contributed by atoms with E-state index >= 15 is 0 Å². The molecule has 0 aliphatic heterocycles.